The Morgan fingerprint density at radius 3 is 2.50 bits per heavy atom. The molecule has 0 aliphatic heterocycles. The van der Waals surface area contributed by atoms with Crippen molar-refractivity contribution in [2.75, 3.05) is 0 Å². The third kappa shape index (κ3) is 2.67. The highest BCUT2D eigenvalue weighted by Crippen LogP contribution is 2.39. The van der Waals surface area contributed by atoms with Crippen molar-refractivity contribution in [3.8, 4) is 34.3 Å². The Kier molecular flexibility index (Phi) is 4.22. The minimum Gasteiger partial charge on any atom is -0.508 e. The zero-order valence-electron chi connectivity index (χ0n) is 16.0. The van der Waals surface area contributed by atoms with E-state index in [2.05, 4.69) is 28.7 Å². The molecule has 4 aromatic rings. The van der Waals surface area contributed by atoms with E-state index in [0.29, 0.717) is 23.4 Å². The standard InChI is InChI=1S/C21H22N4O3/c1-4-13-9-17(19(27)10-18(13)26)25-20(21(28)22-23-25)15-11-24(12(2)3)16-8-6-5-7-14(15)16/h5-12,26-28H,4H2,1-3H3. The number of nitrogens with zero attached hydrogens (tertiary/aromatic N) is 4. The van der Waals surface area contributed by atoms with E-state index in [-0.39, 0.29) is 23.4 Å². The maximum Gasteiger partial charge on any atom is 0.259 e. The van der Waals surface area contributed by atoms with Gasteiger partial charge >= 0.3 is 0 Å². The van der Waals surface area contributed by atoms with Crippen LogP contribution < -0.4 is 0 Å². The lowest BCUT2D eigenvalue weighted by Crippen LogP contribution is -2.01. The smallest absolute Gasteiger partial charge is 0.259 e. The summed E-state index contributed by atoms with van der Waals surface area (Å²) in [5.41, 5.74) is 3.19. The largest absolute Gasteiger partial charge is 0.508 e. The minimum atomic E-state index is -0.225. The molecule has 0 atom stereocenters. The van der Waals surface area contributed by atoms with Crippen LogP contribution in [0.2, 0.25) is 0 Å². The van der Waals surface area contributed by atoms with E-state index in [1.54, 1.807) is 6.07 Å². The van der Waals surface area contributed by atoms with Crippen LogP contribution in [0.15, 0.2) is 42.6 Å². The maximum absolute atomic E-state index is 10.5. The lowest BCUT2D eigenvalue weighted by atomic mass is 10.1. The minimum absolute atomic E-state index is 0.0195. The number of hydrogen-bond donors (Lipinski definition) is 3. The third-order valence-corrected chi connectivity index (χ3v) is 4.99. The van der Waals surface area contributed by atoms with Gasteiger partial charge in [0.15, 0.2) is 0 Å². The molecule has 2 heterocycles. The van der Waals surface area contributed by atoms with Crippen molar-refractivity contribution in [2.45, 2.75) is 33.2 Å². The van der Waals surface area contributed by atoms with E-state index in [0.717, 1.165) is 16.5 Å². The topological polar surface area (TPSA) is 96.3 Å². The van der Waals surface area contributed by atoms with Gasteiger partial charge in [-0.1, -0.05) is 35.4 Å². The summed E-state index contributed by atoms with van der Waals surface area (Å²) in [6, 6.07) is 11.1. The summed E-state index contributed by atoms with van der Waals surface area (Å²) in [6.07, 6.45) is 2.55. The predicted molar refractivity (Wildman–Crippen MR) is 107 cm³/mol. The number of fused-ring (bicyclic) bond motifs is 1. The fraction of sp³-hybridized carbons (Fsp3) is 0.238. The summed E-state index contributed by atoms with van der Waals surface area (Å²) < 4.78 is 3.53. The first-order valence-corrected chi connectivity index (χ1v) is 9.22. The van der Waals surface area contributed by atoms with Gasteiger partial charge in [0.25, 0.3) is 5.88 Å². The molecule has 0 saturated heterocycles. The van der Waals surface area contributed by atoms with E-state index in [1.165, 1.54) is 10.7 Å². The Hall–Kier alpha value is -3.48. The number of para-hydroxylation sites is 1. The molecule has 0 bridgehead atoms. The van der Waals surface area contributed by atoms with Crippen LogP contribution in [0.25, 0.3) is 27.8 Å². The molecule has 0 saturated carbocycles. The zero-order chi connectivity index (χ0) is 20.0. The highest BCUT2D eigenvalue weighted by Gasteiger charge is 2.23. The van der Waals surface area contributed by atoms with Gasteiger partial charge < -0.3 is 19.9 Å². The van der Waals surface area contributed by atoms with Crippen LogP contribution in [0.4, 0.5) is 0 Å². The van der Waals surface area contributed by atoms with Gasteiger partial charge in [-0.25, -0.2) is 4.68 Å². The predicted octanol–water partition coefficient (Wildman–Crippen LogP) is 4.15. The number of benzene rings is 2. The molecule has 7 heteroatoms. The van der Waals surface area contributed by atoms with E-state index < -0.39 is 0 Å². The third-order valence-electron chi connectivity index (χ3n) is 4.99. The number of aromatic hydroxyl groups is 3. The van der Waals surface area contributed by atoms with Gasteiger partial charge in [-0.2, -0.15) is 0 Å². The first-order valence-electron chi connectivity index (χ1n) is 9.22. The summed E-state index contributed by atoms with van der Waals surface area (Å²) in [4.78, 5) is 0. The molecule has 0 aliphatic rings. The molecule has 4 rings (SSSR count). The fourth-order valence-corrected chi connectivity index (χ4v) is 3.56. The monoisotopic (exact) mass is 378 g/mol. The van der Waals surface area contributed by atoms with Crippen LogP contribution in [-0.2, 0) is 6.42 Å². The summed E-state index contributed by atoms with van der Waals surface area (Å²) >= 11 is 0. The molecular weight excluding hydrogens is 356 g/mol. The Labute approximate surface area is 162 Å². The van der Waals surface area contributed by atoms with Crippen LogP contribution in [0.3, 0.4) is 0 Å². The van der Waals surface area contributed by atoms with Crippen LogP contribution in [0.5, 0.6) is 17.4 Å². The van der Waals surface area contributed by atoms with Gasteiger partial charge in [-0.3, -0.25) is 0 Å². The number of rotatable bonds is 4. The quantitative estimate of drug-likeness (QED) is 0.496. The van der Waals surface area contributed by atoms with Crippen LogP contribution in [-0.4, -0.2) is 34.9 Å². The van der Waals surface area contributed by atoms with Crippen molar-refractivity contribution in [3.05, 3.63) is 48.2 Å². The number of aryl methyl sites for hydroxylation is 1. The van der Waals surface area contributed by atoms with E-state index in [9.17, 15) is 15.3 Å². The normalized spacial score (nSPS) is 11.6. The maximum atomic E-state index is 10.5. The molecular formula is C21H22N4O3. The summed E-state index contributed by atoms with van der Waals surface area (Å²) in [6.45, 7) is 6.09. The summed E-state index contributed by atoms with van der Waals surface area (Å²) in [5.74, 6) is -0.350. The van der Waals surface area contributed by atoms with Crippen LogP contribution >= 0.6 is 0 Å². The molecule has 7 nitrogen and oxygen atoms in total. The first-order chi connectivity index (χ1) is 13.4. The van der Waals surface area contributed by atoms with E-state index in [4.69, 9.17) is 0 Å². The molecule has 0 amide bonds. The molecule has 28 heavy (non-hydrogen) atoms. The van der Waals surface area contributed by atoms with Crippen molar-refractivity contribution in [3.63, 3.8) is 0 Å². The van der Waals surface area contributed by atoms with Gasteiger partial charge in [0.2, 0.25) is 0 Å². The molecule has 144 valence electrons. The number of phenolic OH excluding ortho intramolecular Hbond substituents is 2. The molecule has 3 N–H and O–H groups in total. The number of hydrogen-bond acceptors (Lipinski definition) is 5. The average molecular weight is 378 g/mol. The number of aromatic nitrogens is 4. The van der Waals surface area contributed by atoms with Crippen molar-refractivity contribution in [1.82, 2.24) is 19.6 Å². The lowest BCUT2D eigenvalue weighted by Gasteiger charge is -2.11. The Balaban J connectivity index is 2.01. The van der Waals surface area contributed by atoms with Crippen LogP contribution in [0.1, 0.15) is 32.4 Å². The van der Waals surface area contributed by atoms with Gasteiger partial charge in [0.05, 0.1) is 0 Å². The molecule has 0 radical (unpaired) electrons. The van der Waals surface area contributed by atoms with Crippen molar-refractivity contribution in [1.29, 1.82) is 0 Å². The molecule has 0 spiro atoms. The Bertz CT molecular complexity index is 1170. The fourth-order valence-electron chi connectivity index (χ4n) is 3.56. The summed E-state index contributed by atoms with van der Waals surface area (Å²) in [7, 11) is 0. The van der Waals surface area contributed by atoms with Crippen molar-refractivity contribution in [2.24, 2.45) is 0 Å². The molecule has 2 aromatic carbocycles. The highest BCUT2D eigenvalue weighted by molar-refractivity contribution is 5.96. The van der Waals surface area contributed by atoms with Crippen LogP contribution in [0, 0.1) is 0 Å². The average Bonchev–Trinajstić information content (AvgIpc) is 3.22. The second-order valence-corrected chi connectivity index (χ2v) is 7.06. The highest BCUT2D eigenvalue weighted by atomic mass is 16.3. The molecule has 0 fully saturated rings. The second-order valence-electron chi connectivity index (χ2n) is 7.06. The lowest BCUT2D eigenvalue weighted by molar-refractivity contribution is 0.443. The Morgan fingerprint density at radius 1 is 1.04 bits per heavy atom. The summed E-state index contributed by atoms with van der Waals surface area (Å²) in [5, 5.41) is 39.7. The SMILES string of the molecule is CCc1cc(-n2nnc(O)c2-c2cn(C(C)C)c3ccccc23)c(O)cc1O. The van der Waals surface area contributed by atoms with E-state index >= 15 is 0 Å². The van der Waals surface area contributed by atoms with E-state index in [1.807, 2.05) is 37.4 Å². The Morgan fingerprint density at radius 2 is 1.79 bits per heavy atom. The van der Waals surface area contributed by atoms with Gasteiger partial charge in [-0.05, 0) is 38.0 Å². The number of phenols is 2. The van der Waals surface area contributed by atoms with Crippen molar-refractivity contribution >= 4 is 10.9 Å². The van der Waals surface area contributed by atoms with Gasteiger partial charge in [0, 0.05) is 34.8 Å². The molecule has 2 aromatic heterocycles. The zero-order valence-corrected chi connectivity index (χ0v) is 16.0. The first kappa shape index (κ1) is 17.9. The second kappa shape index (κ2) is 6.60. The van der Waals surface area contributed by atoms with Crippen molar-refractivity contribution < 1.29 is 15.3 Å². The van der Waals surface area contributed by atoms with Gasteiger partial charge in [-0.15, -0.1) is 0 Å². The molecule has 0 aliphatic carbocycles. The van der Waals surface area contributed by atoms with Gasteiger partial charge in [0.1, 0.15) is 22.9 Å². The molecule has 0 unspecified atom stereocenters.